The van der Waals surface area contributed by atoms with Crippen LogP contribution >= 0.6 is 0 Å². The Morgan fingerprint density at radius 1 is 1.28 bits per heavy atom. The Bertz CT molecular complexity index is 538. The topological polar surface area (TPSA) is 62.0 Å². The van der Waals surface area contributed by atoms with Crippen molar-refractivity contribution < 1.29 is 5.11 Å². The largest absolute Gasteiger partial charge is 0.393 e. The molecule has 0 atom stereocenters. The summed E-state index contributed by atoms with van der Waals surface area (Å²) in [6.07, 6.45) is 5.51. The molecule has 3 nitrogen and oxygen atoms in total. The first kappa shape index (κ1) is 11.8. The van der Waals surface area contributed by atoms with E-state index in [9.17, 15) is 5.11 Å². The summed E-state index contributed by atoms with van der Waals surface area (Å²) in [6, 6.07) is 8.66. The van der Waals surface area contributed by atoms with Gasteiger partial charge < -0.3 is 15.8 Å². The number of aliphatic hydroxyl groups excluding tert-OH is 1. The zero-order valence-electron chi connectivity index (χ0n) is 10.5. The van der Waals surface area contributed by atoms with Crippen LogP contribution in [0.5, 0.6) is 0 Å². The van der Waals surface area contributed by atoms with Crippen LogP contribution in [-0.2, 0) is 5.41 Å². The maximum Gasteiger partial charge on any atom is 0.0541 e. The molecule has 3 heteroatoms. The van der Waals surface area contributed by atoms with Crippen LogP contribution in [0, 0.1) is 0 Å². The molecule has 0 saturated heterocycles. The fourth-order valence-corrected chi connectivity index (χ4v) is 3.14. The molecule has 0 radical (unpaired) electrons. The summed E-state index contributed by atoms with van der Waals surface area (Å²) in [5, 5.41) is 10.9. The lowest BCUT2D eigenvalue weighted by atomic mass is 9.68. The van der Waals surface area contributed by atoms with E-state index in [1.54, 1.807) is 0 Å². The highest BCUT2D eigenvalue weighted by atomic mass is 16.3. The highest BCUT2D eigenvalue weighted by Gasteiger charge is 2.35. The Hall–Kier alpha value is -1.32. The smallest absolute Gasteiger partial charge is 0.0541 e. The van der Waals surface area contributed by atoms with E-state index in [4.69, 9.17) is 5.73 Å². The van der Waals surface area contributed by atoms with Crippen LogP contribution < -0.4 is 5.73 Å². The van der Waals surface area contributed by atoms with Crippen molar-refractivity contribution in [3.8, 4) is 0 Å². The van der Waals surface area contributed by atoms with Gasteiger partial charge in [0, 0.05) is 23.7 Å². The van der Waals surface area contributed by atoms with Gasteiger partial charge in [-0.25, -0.2) is 0 Å². The fraction of sp³-hybridized carbons (Fsp3) is 0.467. The summed E-state index contributed by atoms with van der Waals surface area (Å²) in [7, 11) is 0. The predicted molar refractivity (Wildman–Crippen MR) is 73.5 cm³/mol. The molecule has 4 N–H and O–H groups in total. The molecule has 0 unspecified atom stereocenters. The standard InChI is InChI=1S/C15H20N2O/c16-10-15(6-3-13(18)4-7-15)12-2-1-11-5-8-17-14(11)9-12/h1-2,5,8-9,13,17-18H,3-4,6-7,10,16H2. The number of aliphatic hydroxyl groups is 1. The molecule has 18 heavy (non-hydrogen) atoms. The van der Waals surface area contributed by atoms with E-state index in [1.807, 2.05) is 6.20 Å². The molecule has 1 aliphatic carbocycles. The van der Waals surface area contributed by atoms with Crippen molar-refractivity contribution in [2.45, 2.75) is 37.2 Å². The van der Waals surface area contributed by atoms with Crippen molar-refractivity contribution in [2.75, 3.05) is 6.54 Å². The number of rotatable bonds is 2. The number of aromatic amines is 1. The van der Waals surface area contributed by atoms with Gasteiger partial charge in [0.2, 0.25) is 0 Å². The molecule has 0 aliphatic heterocycles. The van der Waals surface area contributed by atoms with Crippen LogP contribution in [0.4, 0.5) is 0 Å². The first-order valence-corrected chi connectivity index (χ1v) is 6.69. The predicted octanol–water partition coefficient (Wildman–Crippen LogP) is 2.30. The van der Waals surface area contributed by atoms with E-state index < -0.39 is 0 Å². The van der Waals surface area contributed by atoms with Crippen LogP contribution in [0.3, 0.4) is 0 Å². The second-order valence-electron chi connectivity index (χ2n) is 5.50. The van der Waals surface area contributed by atoms with Gasteiger partial charge in [0.25, 0.3) is 0 Å². The van der Waals surface area contributed by atoms with Gasteiger partial charge in [-0.05, 0) is 48.8 Å². The second kappa shape index (κ2) is 4.41. The van der Waals surface area contributed by atoms with E-state index in [0.717, 1.165) is 25.7 Å². The van der Waals surface area contributed by atoms with E-state index in [1.165, 1.54) is 16.5 Å². The van der Waals surface area contributed by atoms with Gasteiger partial charge in [-0.15, -0.1) is 0 Å². The number of nitrogens with two attached hydrogens (primary N) is 1. The molecule has 3 rings (SSSR count). The van der Waals surface area contributed by atoms with Crippen LogP contribution in [0.15, 0.2) is 30.5 Å². The molecule has 1 aromatic carbocycles. The first-order valence-electron chi connectivity index (χ1n) is 6.69. The Morgan fingerprint density at radius 3 is 2.78 bits per heavy atom. The molecule has 1 aliphatic rings. The SMILES string of the molecule is NCC1(c2ccc3cc[nH]c3c2)CCC(O)CC1. The molecule has 1 saturated carbocycles. The zero-order chi connectivity index (χ0) is 12.6. The molecule has 1 fully saturated rings. The first-order chi connectivity index (χ1) is 8.73. The fourth-order valence-electron chi connectivity index (χ4n) is 3.14. The van der Waals surface area contributed by atoms with Crippen molar-refractivity contribution in [3.05, 3.63) is 36.0 Å². The molecule has 1 aromatic heterocycles. The van der Waals surface area contributed by atoms with Gasteiger partial charge in [0.15, 0.2) is 0 Å². The van der Waals surface area contributed by atoms with Crippen LogP contribution in [-0.4, -0.2) is 22.7 Å². The number of H-pyrrole nitrogens is 1. The Kier molecular flexibility index (Phi) is 2.88. The van der Waals surface area contributed by atoms with Crippen LogP contribution in [0.1, 0.15) is 31.2 Å². The monoisotopic (exact) mass is 244 g/mol. The average Bonchev–Trinajstić information content (AvgIpc) is 2.87. The van der Waals surface area contributed by atoms with E-state index in [-0.39, 0.29) is 11.5 Å². The van der Waals surface area contributed by atoms with Gasteiger partial charge in [-0.1, -0.05) is 12.1 Å². The molecular weight excluding hydrogens is 224 g/mol. The Labute approximate surface area is 107 Å². The summed E-state index contributed by atoms with van der Waals surface area (Å²) >= 11 is 0. The lowest BCUT2D eigenvalue weighted by Gasteiger charge is -2.38. The summed E-state index contributed by atoms with van der Waals surface area (Å²) in [5.41, 5.74) is 8.58. The minimum atomic E-state index is -0.140. The lowest BCUT2D eigenvalue weighted by Crippen LogP contribution is -2.40. The van der Waals surface area contributed by atoms with Crippen molar-refractivity contribution in [3.63, 3.8) is 0 Å². The molecule has 1 heterocycles. The third kappa shape index (κ3) is 1.84. The number of hydrogen-bond acceptors (Lipinski definition) is 2. The van der Waals surface area contributed by atoms with Crippen molar-refractivity contribution in [1.82, 2.24) is 4.98 Å². The highest BCUT2D eigenvalue weighted by molar-refractivity contribution is 5.80. The Morgan fingerprint density at radius 2 is 2.06 bits per heavy atom. The molecular formula is C15H20N2O. The van der Waals surface area contributed by atoms with Gasteiger partial charge >= 0.3 is 0 Å². The maximum atomic E-state index is 9.68. The molecule has 0 spiro atoms. The van der Waals surface area contributed by atoms with Crippen LogP contribution in [0.25, 0.3) is 10.9 Å². The van der Waals surface area contributed by atoms with E-state index in [0.29, 0.717) is 6.54 Å². The average molecular weight is 244 g/mol. The van der Waals surface area contributed by atoms with Gasteiger partial charge in [-0.3, -0.25) is 0 Å². The molecule has 0 bridgehead atoms. The van der Waals surface area contributed by atoms with Crippen LogP contribution in [0.2, 0.25) is 0 Å². The maximum absolute atomic E-state index is 9.68. The summed E-state index contributed by atoms with van der Waals surface area (Å²) in [4.78, 5) is 3.26. The van der Waals surface area contributed by atoms with E-state index in [2.05, 4.69) is 29.2 Å². The molecule has 2 aromatic rings. The summed E-state index contributed by atoms with van der Waals surface area (Å²) < 4.78 is 0. The minimum Gasteiger partial charge on any atom is -0.393 e. The normalized spacial score (nSPS) is 28.7. The third-order valence-electron chi connectivity index (χ3n) is 4.47. The number of hydrogen-bond donors (Lipinski definition) is 3. The van der Waals surface area contributed by atoms with Gasteiger partial charge in [0.1, 0.15) is 0 Å². The molecule has 0 amide bonds. The third-order valence-corrected chi connectivity index (χ3v) is 4.47. The zero-order valence-corrected chi connectivity index (χ0v) is 10.5. The van der Waals surface area contributed by atoms with Gasteiger partial charge in [-0.2, -0.15) is 0 Å². The Balaban J connectivity index is 1.99. The van der Waals surface area contributed by atoms with Crippen molar-refractivity contribution in [2.24, 2.45) is 5.73 Å². The second-order valence-corrected chi connectivity index (χ2v) is 5.50. The summed E-state index contributed by atoms with van der Waals surface area (Å²) in [6.45, 7) is 0.659. The van der Waals surface area contributed by atoms with Crippen molar-refractivity contribution >= 4 is 10.9 Å². The molecule has 96 valence electrons. The lowest BCUT2D eigenvalue weighted by molar-refractivity contribution is 0.0975. The van der Waals surface area contributed by atoms with E-state index >= 15 is 0 Å². The number of benzene rings is 1. The number of aromatic nitrogens is 1. The van der Waals surface area contributed by atoms with Gasteiger partial charge in [0.05, 0.1) is 6.10 Å². The van der Waals surface area contributed by atoms with Crippen molar-refractivity contribution in [1.29, 1.82) is 0 Å². The number of fused-ring (bicyclic) bond motifs is 1. The quantitative estimate of drug-likeness (QED) is 0.759. The number of nitrogens with one attached hydrogen (secondary N) is 1. The minimum absolute atomic E-state index is 0.0541. The highest BCUT2D eigenvalue weighted by Crippen LogP contribution is 2.39. The summed E-state index contributed by atoms with van der Waals surface area (Å²) in [5.74, 6) is 0.